The molecule has 0 radical (unpaired) electrons. The smallest absolute Gasteiger partial charge is 0.313 e. The van der Waals surface area contributed by atoms with E-state index in [1.54, 1.807) is 0 Å². The van der Waals surface area contributed by atoms with Crippen molar-refractivity contribution in [3.05, 3.63) is 0 Å². The van der Waals surface area contributed by atoms with Crippen LogP contribution in [0.25, 0.3) is 0 Å². The van der Waals surface area contributed by atoms with Crippen LogP contribution in [-0.4, -0.2) is 19.1 Å². The molecule has 0 aliphatic heterocycles. The van der Waals surface area contributed by atoms with Gasteiger partial charge >= 0.3 is 5.97 Å². The monoisotopic (exact) mass is 209 g/mol. The Bertz CT molecular complexity index is 138. The van der Waals surface area contributed by atoms with Crippen molar-refractivity contribution < 1.29 is 9.53 Å². The third kappa shape index (κ3) is 3.53. The molecule has 0 bridgehead atoms. The molecule has 4 heteroatoms. The zero-order valence-corrected chi connectivity index (χ0v) is 9.45. The van der Waals surface area contributed by atoms with Gasteiger partial charge in [0.15, 0.2) is 0 Å². The van der Waals surface area contributed by atoms with Gasteiger partial charge in [0.1, 0.15) is 0 Å². The quantitative estimate of drug-likeness (QED) is 0.702. The highest BCUT2D eigenvalue weighted by Crippen LogP contribution is 2.26. The van der Waals surface area contributed by atoms with Gasteiger partial charge in [0.2, 0.25) is 0 Å². The van der Waals surface area contributed by atoms with Gasteiger partial charge in [0, 0.05) is 6.54 Å². The molecule has 0 unspecified atom stereocenters. The summed E-state index contributed by atoms with van der Waals surface area (Å²) in [6.07, 6.45) is 1.50. The summed E-state index contributed by atoms with van der Waals surface area (Å²) in [6.45, 7) is 6.55. The molecule has 0 saturated heterocycles. The first-order valence-electron chi connectivity index (χ1n) is 4.54. The molecule has 2 N–H and O–H groups in total. The number of esters is 1. The lowest BCUT2D eigenvalue weighted by atomic mass is 9.82. The third-order valence-electron chi connectivity index (χ3n) is 2.45. The van der Waals surface area contributed by atoms with Gasteiger partial charge in [-0.05, 0) is 19.8 Å². The van der Waals surface area contributed by atoms with Gasteiger partial charge < -0.3 is 10.5 Å². The average molecular weight is 210 g/mol. The summed E-state index contributed by atoms with van der Waals surface area (Å²) in [5.74, 6) is -0.155. The zero-order chi connectivity index (χ0) is 9.61. The Hall–Kier alpha value is -0.280. The van der Waals surface area contributed by atoms with Crippen LogP contribution >= 0.6 is 12.4 Å². The van der Waals surface area contributed by atoms with Gasteiger partial charge in [0.25, 0.3) is 0 Å². The second-order valence-electron chi connectivity index (χ2n) is 2.91. The van der Waals surface area contributed by atoms with Crippen LogP contribution in [0.2, 0.25) is 0 Å². The van der Waals surface area contributed by atoms with E-state index in [1.165, 1.54) is 0 Å². The average Bonchev–Trinajstić information content (AvgIpc) is 2.09. The summed E-state index contributed by atoms with van der Waals surface area (Å²) in [5, 5.41) is 0. The van der Waals surface area contributed by atoms with Gasteiger partial charge in [-0.15, -0.1) is 12.4 Å². The van der Waals surface area contributed by atoms with E-state index < -0.39 is 5.41 Å². The van der Waals surface area contributed by atoms with Crippen LogP contribution in [0.5, 0.6) is 0 Å². The first kappa shape index (κ1) is 15.2. The van der Waals surface area contributed by atoms with Crippen molar-refractivity contribution >= 4 is 18.4 Å². The van der Waals surface area contributed by atoms with Crippen LogP contribution in [0.15, 0.2) is 0 Å². The number of nitrogens with two attached hydrogens (primary N) is 1. The van der Waals surface area contributed by atoms with Crippen LogP contribution in [0.4, 0.5) is 0 Å². The molecule has 3 nitrogen and oxygen atoms in total. The highest BCUT2D eigenvalue weighted by molar-refractivity contribution is 5.85. The second-order valence-corrected chi connectivity index (χ2v) is 2.91. The topological polar surface area (TPSA) is 52.3 Å². The van der Waals surface area contributed by atoms with Crippen molar-refractivity contribution in [1.29, 1.82) is 0 Å². The molecule has 80 valence electrons. The van der Waals surface area contributed by atoms with Gasteiger partial charge in [0.05, 0.1) is 12.0 Å². The van der Waals surface area contributed by atoms with Gasteiger partial charge in [-0.1, -0.05) is 13.8 Å². The number of halogens is 1. The number of hydrogen-bond acceptors (Lipinski definition) is 3. The Kier molecular flexibility index (Phi) is 8.37. The minimum Gasteiger partial charge on any atom is -0.466 e. The van der Waals surface area contributed by atoms with Crippen LogP contribution in [-0.2, 0) is 9.53 Å². The molecule has 0 atom stereocenters. The SMILES string of the molecule is CCOC(=O)C(CC)(CC)CN.Cl. The standard InChI is InChI=1S/C9H19NO2.ClH/c1-4-9(5-2,7-10)8(11)12-6-3;/h4-7,10H2,1-3H3;1H. The highest BCUT2D eigenvalue weighted by atomic mass is 35.5. The summed E-state index contributed by atoms with van der Waals surface area (Å²) in [6, 6.07) is 0. The first-order chi connectivity index (χ1) is 5.66. The minimum atomic E-state index is -0.448. The molecule has 0 fully saturated rings. The molecule has 0 aliphatic carbocycles. The third-order valence-corrected chi connectivity index (χ3v) is 2.45. The highest BCUT2D eigenvalue weighted by Gasteiger charge is 2.34. The van der Waals surface area contributed by atoms with Crippen molar-refractivity contribution in [2.75, 3.05) is 13.2 Å². The molecular weight excluding hydrogens is 190 g/mol. The maximum absolute atomic E-state index is 11.5. The number of carbonyl (C=O) groups excluding carboxylic acids is 1. The van der Waals surface area contributed by atoms with E-state index in [0.717, 1.165) is 12.8 Å². The fourth-order valence-corrected chi connectivity index (χ4v) is 1.19. The molecular formula is C9H20ClNO2. The van der Waals surface area contributed by atoms with E-state index in [2.05, 4.69) is 0 Å². The van der Waals surface area contributed by atoms with Crippen LogP contribution in [0.3, 0.4) is 0 Å². The fourth-order valence-electron chi connectivity index (χ4n) is 1.19. The molecule has 0 rings (SSSR count). The summed E-state index contributed by atoms with van der Waals surface area (Å²) in [4.78, 5) is 11.5. The molecule has 0 heterocycles. The molecule has 0 saturated carbocycles. The Morgan fingerprint density at radius 1 is 1.31 bits per heavy atom. The molecule has 0 spiro atoms. The van der Waals surface area contributed by atoms with E-state index in [1.807, 2.05) is 20.8 Å². The van der Waals surface area contributed by atoms with Gasteiger partial charge in [-0.25, -0.2) is 0 Å². The summed E-state index contributed by atoms with van der Waals surface area (Å²) < 4.78 is 4.96. The van der Waals surface area contributed by atoms with E-state index in [-0.39, 0.29) is 18.4 Å². The van der Waals surface area contributed by atoms with Crippen LogP contribution in [0, 0.1) is 5.41 Å². The summed E-state index contributed by atoms with van der Waals surface area (Å²) in [5.41, 5.74) is 5.11. The van der Waals surface area contributed by atoms with Crippen molar-refractivity contribution in [2.45, 2.75) is 33.6 Å². The number of rotatable bonds is 5. The van der Waals surface area contributed by atoms with Crippen molar-refractivity contribution in [1.82, 2.24) is 0 Å². The van der Waals surface area contributed by atoms with Crippen molar-refractivity contribution in [3.8, 4) is 0 Å². The Morgan fingerprint density at radius 2 is 1.77 bits per heavy atom. The molecule has 13 heavy (non-hydrogen) atoms. The normalized spacial score (nSPS) is 10.5. The molecule has 0 aromatic carbocycles. The first-order valence-corrected chi connectivity index (χ1v) is 4.54. The lowest BCUT2D eigenvalue weighted by Crippen LogP contribution is -2.38. The van der Waals surface area contributed by atoms with Gasteiger partial charge in [-0.2, -0.15) is 0 Å². The largest absolute Gasteiger partial charge is 0.466 e. The predicted octanol–water partition coefficient (Wildman–Crippen LogP) is 1.74. The van der Waals surface area contributed by atoms with E-state index in [9.17, 15) is 4.79 Å². The van der Waals surface area contributed by atoms with Crippen LogP contribution in [0.1, 0.15) is 33.6 Å². The summed E-state index contributed by atoms with van der Waals surface area (Å²) >= 11 is 0. The van der Waals surface area contributed by atoms with Crippen molar-refractivity contribution in [3.63, 3.8) is 0 Å². The van der Waals surface area contributed by atoms with E-state index >= 15 is 0 Å². The number of ether oxygens (including phenoxy) is 1. The second kappa shape index (κ2) is 7.15. The molecule has 0 aromatic heterocycles. The Morgan fingerprint density at radius 3 is 2.00 bits per heavy atom. The fraction of sp³-hybridized carbons (Fsp3) is 0.889. The van der Waals surface area contributed by atoms with E-state index in [0.29, 0.717) is 13.2 Å². The zero-order valence-electron chi connectivity index (χ0n) is 8.63. The lowest BCUT2D eigenvalue weighted by molar-refractivity contribution is -0.155. The Labute approximate surface area is 86.4 Å². The predicted molar refractivity (Wildman–Crippen MR) is 56.0 cm³/mol. The molecule has 0 aliphatic rings. The maximum Gasteiger partial charge on any atom is 0.313 e. The van der Waals surface area contributed by atoms with Gasteiger partial charge in [-0.3, -0.25) is 4.79 Å². The number of carbonyl (C=O) groups is 1. The van der Waals surface area contributed by atoms with Crippen molar-refractivity contribution in [2.24, 2.45) is 11.1 Å². The molecule has 0 amide bonds. The minimum absolute atomic E-state index is 0. The number of hydrogen-bond donors (Lipinski definition) is 1. The van der Waals surface area contributed by atoms with E-state index in [4.69, 9.17) is 10.5 Å². The Balaban J connectivity index is 0. The molecule has 0 aromatic rings. The maximum atomic E-state index is 11.5. The van der Waals surface area contributed by atoms with Crippen LogP contribution < -0.4 is 5.73 Å². The lowest BCUT2D eigenvalue weighted by Gasteiger charge is -2.26. The summed E-state index contributed by atoms with van der Waals surface area (Å²) in [7, 11) is 0.